The van der Waals surface area contributed by atoms with E-state index in [-0.39, 0.29) is 17.4 Å². The van der Waals surface area contributed by atoms with E-state index in [9.17, 15) is 19.1 Å². The Balaban J connectivity index is 1.90. The first kappa shape index (κ1) is 20.6. The van der Waals surface area contributed by atoms with Gasteiger partial charge < -0.3 is 24.8 Å². The van der Waals surface area contributed by atoms with Crippen LogP contribution in [0.4, 0.5) is 4.39 Å². The van der Waals surface area contributed by atoms with Crippen LogP contribution in [0.5, 0.6) is 5.75 Å². The first-order chi connectivity index (χ1) is 15.9. The van der Waals surface area contributed by atoms with Crippen molar-refractivity contribution in [2.45, 2.75) is 19.8 Å². The fraction of sp³-hybridized carbons (Fsp3) is 0.120. The van der Waals surface area contributed by atoms with Gasteiger partial charge in [0.25, 0.3) is 6.47 Å². The normalized spacial score (nSPS) is 11.5. The SMILES string of the molecule is CC(C)c1c(-c2cc(F)cc3[nH]ccc23)[nH]c(C(=O)O)c1-c1cc(OC=O)cc2[nH]ccc12. The number of carboxylic acids is 1. The number of ether oxygens (including phenoxy) is 1. The molecular weight excluding hydrogens is 425 g/mol. The number of hydrogen-bond acceptors (Lipinski definition) is 3. The predicted octanol–water partition coefficient (Wildman–Crippen LogP) is 5.81. The van der Waals surface area contributed by atoms with Crippen molar-refractivity contribution in [3.63, 3.8) is 0 Å². The number of H-pyrrole nitrogens is 3. The van der Waals surface area contributed by atoms with Crippen LogP contribution in [-0.4, -0.2) is 32.5 Å². The van der Waals surface area contributed by atoms with Gasteiger partial charge in [-0.25, -0.2) is 9.18 Å². The summed E-state index contributed by atoms with van der Waals surface area (Å²) in [6.07, 6.45) is 3.45. The molecule has 3 heterocycles. The number of rotatable bonds is 6. The van der Waals surface area contributed by atoms with Crippen LogP contribution >= 0.6 is 0 Å². The van der Waals surface area contributed by atoms with Gasteiger partial charge in [-0.2, -0.15) is 0 Å². The van der Waals surface area contributed by atoms with Crippen LogP contribution in [-0.2, 0) is 4.79 Å². The van der Waals surface area contributed by atoms with Crippen molar-refractivity contribution in [3.05, 3.63) is 65.9 Å². The Bertz CT molecular complexity index is 1540. The lowest BCUT2D eigenvalue weighted by atomic mass is 9.89. The van der Waals surface area contributed by atoms with Gasteiger partial charge >= 0.3 is 5.97 Å². The molecule has 8 heteroatoms. The maximum absolute atomic E-state index is 14.5. The second-order valence-electron chi connectivity index (χ2n) is 8.14. The molecule has 0 saturated heterocycles. The number of halogens is 1. The van der Waals surface area contributed by atoms with Crippen molar-refractivity contribution in [2.75, 3.05) is 0 Å². The number of aromatic carboxylic acids is 1. The quantitative estimate of drug-likeness (QED) is 0.247. The summed E-state index contributed by atoms with van der Waals surface area (Å²) in [6.45, 7) is 4.23. The van der Waals surface area contributed by atoms with E-state index in [2.05, 4.69) is 15.0 Å². The minimum absolute atomic E-state index is 0.0209. The van der Waals surface area contributed by atoms with Crippen molar-refractivity contribution in [1.82, 2.24) is 15.0 Å². The van der Waals surface area contributed by atoms with Crippen molar-refractivity contribution in [2.24, 2.45) is 0 Å². The van der Waals surface area contributed by atoms with Gasteiger partial charge in [-0.15, -0.1) is 0 Å². The minimum Gasteiger partial charge on any atom is -0.477 e. The van der Waals surface area contributed by atoms with Gasteiger partial charge in [0.2, 0.25) is 0 Å². The monoisotopic (exact) mass is 445 g/mol. The molecule has 166 valence electrons. The molecule has 0 unspecified atom stereocenters. The van der Waals surface area contributed by atoms with Crippen molar-refractivity contribution >= 4 is 34.2 Å². The molecular formula is C25H20FN3O4. The van der Waals surface area contributed by atoms with E-state index in [1.54, 1.807) is 24.5 Å². The topological polar surface area (TPSA) is 111 Å². The molecule has 0 radical (unpaired) electrons. The number of aromatic amines is 3. The summed E-state index contributed by atoms with van der Waals surface area (Å²) in [6, 6.07) is 9.79. The smallest absolute Gasteiger partial charge is 0.352 e. The molecule has 3 aromatic heterocycles. The number of carboxylic acid groups (broad SMARTS) is 1. The highest BCUT2D eigenvalue weighted by Gasteiger charge is 2.28. The van der Waals surface area contributed by atoms with Gasteiger partial charge in [0.15, 0.2) is 0 Å². The van der Waals surface area contributed by atoms with E-state index < -0.39 is 11.8 Å². The summed E-state index contributed by atoms with van der Waals surface area (Å²) in [5.41, 5.74) is 4.18. The molecule has 0 spiro atoms. The van der Waals surface area contributed by atoms with Crippen LogP contribution in [0.25, 0.3) is 44.2 Å². The zero-order valence-electron chi connectivity index (χ0n) is 17.8. The molecule has 0 fully saturated rings. The third-order valence-corrected chi connectivity index (χ3v) is 5.83. The van der Waals surface area contributed by atoms with Crippen LogP contribution in [0.15, 0.2) is 48.8 Å². The highest BCUT2D eigenvalue weighted by atomic mass is 19.1. The lowest BCUT2D eigenvalue weighted by Gasteiger charge is -2.14. The van der Waals surface area contributed by atoms with E-state index in [0.717, 1.165) is 16.3 Å². The summed E-state index contributed by atoms with van der Waals surface area (Å²) >= 11 is 0. The molecule has 0 bridgehead atoms. The average molecular weight is 445 g/mol. The summed E-state index contributed by atoms with van der Waals surface area (Å²) in [7, 11) is 0. The van der Waals surface area contributed by atoms with Crippen LogP contribution in [0.1, 0.15) is 35.8 Å². The zero-order chi connectivity index (χ0) is 23.3. The molecule has 33 heavy (non-hydrogen) atoms. The Morgan fingerprint density at radius 3 is 2.33 bits per heavy atom. The highest BCUT2D eigenvalue weighted by molar-refractivity contribution is 6.07. The first-order valence-electron chi connectivity index (χ1n) is 10.4. The maximum atomic E-state index is 14.5. The van der Waals surface area contributed by atoms with Crippen molar-refractivity contribution in [3.8, 4) is 28.1 Å². The Morgan fingerprint density at radius 1 is 1.03 bits per heavy atom. The lowest BCUT2D eigenvalue weighted by Crippen LogP contribution is -2.01. The van der Waals surface area contributed by atoms with E-state index in [1.807, 2.05) is 26.0 Å². The third kappa shape index (κ3) is 3.27. The van der Waals surface area contributed by atoms with Crippen LogP contribution < -0.4 is 4.74 Å². The molecule has 0 aliphatic carbocycles. The van der Waals surface area contributed by atoms with Gasteiger partial charge in [0.05, 0.1) is 5.69 Å². The zero-order valence-corrected chi connectivity index (χ0v) is 17.8. The minimum atomic E-state index is -1.15. The van der Waals surface area contributed by atoms with Crippen LogP contribution in [0.2, 0.25) is 0 Å². The fourth-order valence-electron chi connectivity index (χ4n) is 4.55. The number of carbonyl (C=O) groups is 2. The van der Waals surface area contributed by atoms with Crippen molar-refractivity contribution < 1.29 is 23.8 Å². The van der Waals surface area contributed by atoms with Crippen LogP contribution in [0.3, 0.4) is 0 Å². The highest BCUT2D eigenvalue weighted by Crippen LogP contribution is 2.45. The van der Waals surface area contributed by atoms with E-state index >= 15 is 0 Å². The number of aromatic nitrogens is 3. The second kappa shape index (κ2) is 7.67. The molecule has 0 saturated carbocycles. The van der Waals surface area contributed by atoms with Crippen molar-refractivity contribution in [1.29, 1.82) is 0 Å². The Labute approximate surface area is 187 Å². The molecule has 5 rings (SSSR count). The second-order valence-corrected chi connectivity index (χ2v) is 8.14. The Kier molecular flexibility index (Phi) is 4.78. The average Bonchev–Trinajstić information content (AvgIpc) is 3.50. The third-order valence-electron chi connectivity index (χ3n) is 5.83. The van der Waals surface area contributed by atoms with Gasteiger partial charge in [-0.05, 0) is 47.4 Å². The van der Waals surface area contributed by atoms with Gasteiger partial charge in [0, 0.05) is 51.4 Å². The molecule has 4 N–H and O–H groups in total. The number of hydrogen-bond donors (Lipinski definition) is 4. The van der Waals surface area contributed by atoms with Gasteiger partial charge in [-0.1, -0.05) is 13.8 Å². The summed E-state index contributed by atoms with van der Waals surface area (Å²) < 4.78 is 19.6. The molecule has 5 aromatic rings. The molecule has 0 amide bonds. The Hall–Kier alpha value is -4.33. The summed E-state index contributed by atoms with van der Waals surface area (Å²) in [4.78, 5) is 32.5. The number of carbonyl (C=O) groups excluding carboxylic acids is 1. The molecule has 7 nitrogen and oxygen atoms in total. The maximum Gasteiger partial charge on any atom is 0.352 e. The molecule has 0 aliphatic heterocycles. The largest absolute Gasteiger partial charge is 0.477 e. The summed E-state index contributed by atoms with van der Waals surface area (Å²) in [5.74, 6) is -1.41. The number of nitrogens with one attached hydrogen (secondary N) is 3. The first-order valence-corrected chi connectivity index (χ1v) is 10.4. The predicted molar refractivity (Wildman–Crippen MR) is 123 cm³/mol. The molecule has 0 atom stereocenters. The number of benzene rings is 2. The number of fused-ring (bicyclic) bond motifs is 2. The molecule has 2 aromatic carbocycles. The summed E-state index contributed by atoms with van der Waals surface area (Å²) in [5, 5.41) is 11.7. The fourth-order valence-corrected chi connectivity index (χ4v) is 4.55. The van der Waals surface area contributed by atoms with E-state index in [0.29, 0.717) is 39.9 Å². The Morgan fingerprint density at radius 2 is 1.70 bits per heavy atom. The van der Waals surface area contributed by atoms with Gasteiger partial charge in [0.1, 0.15) is 17.3 Å². The lowest BCUT2D eigenvalue weighted by molar-refractivity contribution is -0.120. The molecule has 0 aliphatic rings. The standard InChI is InChI=1S/C25H20FN3O4/c1-12(2)21-22(17-9-14(33-11-30)10-20-15(17)3-5-28-20)24(25(31)32)29-23(21)18-7-13(26)8-19-16(18)4-6-27-19/h3-12,27-29H,1-2H3,(H,31,32). The van der Waals surface area contributed by atoms with E-state index in [1.165, 1.54) is 12.1 Å². The van der Waals surface area contributed by atoms with Crippen LogP contribution in [0, 0.1) is 5.82 Å². The van der Waals surface area contributed by atoms with E-state index in [4.69, 9.17) is 4.74 Å². The van der Waals surface area contributed by atoms with Gasteiger partial charge in [-0.3, -0.25) is 4.79 Å².